The zero-order valence-corrected chi connectivity index (χ0v) is 11.5. The zero-order valence-electron chi connectivity index (χ0n) is 10.7. The standard InChI is InChI=1S/C11H16N4O3S/c1-18-11-9(15(16)17)10(13-7-14-11)12-6-8-4-2-3-5-19-8/h7-8H,2-6H2,1H3,(H,12,13,14). The van der Waals surface area contributed by atoms with Gasteiger partial charge in [0.15, 0.2) is 0 Å². The molecule has 1 unspecified atom stereocenters. The summed E-state index contributed by atoms with van der Waals surface area (Å²) >= 11 is 1.90. The minimum Gasteiger partial charge on any atom is -0.476 e. The van der Waals surface area contributed by atoms with Crippen LogP contribution >= 0.6 is 11.8 Å². The lowest BCUT2D eigenvalue weighted by molar-refractivity contribution is -0.385. The third-order valence-corrected chi connectivity index (χ3v) is 4.33. The van der Waals surface area contributed by atoms with Crippen LogP contribution in [-0.2, 0) is 0 Å². The van der Waals surface area contributed by atoms with Crippen LogP contribution in [0.3, 0.4) is 0 Å². The third kappa shape index (κ3) is 3.46. The highest BCUT2D eigenvalue weighted by Gasteiger charge is 2.24. The predicted molar refractivity (Wildman–Crippen MR) is 73.8 cm³/mol. The Bertz CT molecular complexity index is 452. The molecule has 0 amide bonds. The number of ether oxygens (including phenoxy) is 1. The number of nitro groups is 1. The maximum Gasteiger partial charge on any atom is 0.372 e. The van der Waals surface area contributed by atoms with Gasteiger partial charge in [-0.3, -0.25) is 10.1 Å². The lowest BCUT2D eigenvalue weighted by atomic mass is 10.2. The van der Waals surface area contributed by atoms with Crippen molar-refractivity contribution in [2.75, 3.05) is 24.7 Å². The Morgan fingerprint density at radius 3 is 3.05 bits per heavy atom. The van der Waals surface area contributed by atoms with Crippen molar-refractivity contribution in [2.24, 2.45) is 0 Å². The van der Waals surface area contributed by atoms with Gasteiger partial charge in [-0.05, 0) is 18.6 Å². The molecule has 19 heavy (non-hydrogen) atoms. The van der Waals surface area contributed by atoms with Crippen LogP contribution in [0.25, 0.3) is 0 Å². The number of nitrogens with zero attached hydrogens (tertiary/aromatic N) is 3. The summed E-state index contributed by atoms with van der Waals surface area (Å²) in [5.41, 5.74) is -0.203. The molecule has 1 aliphatic rings. The molecule has 7 nitrogen and oxygen atoms in total. The highest BCUT2D eigenvalue weighted by molar-refractivity contribution is 7.99. The van der Waals surface area contributed by atoms with E-state index < -0.39 is 4.92 Å². The molecule has 0 bridgehead atoms. The van der Waals surface area contributed by atoms with E-state index in [-0.39, 0.29) is 17.4 Å². The first-order valence-electron chi connectivity index (χ1n) is 6.11. The molecule has 0 spiro atoms. The molecule has 0 aliphatic carbocycles. The second kappa shape index (κ2) is 6.55. The Morgan fingerprint density at radius 2 is 2.42 bits per heavy atom. The van der Waals surface area contributed by atoms with Crippen LogP contribution in [0.5, 0.6) is 5.88 Å². The Hall–Kier alpha value is -1.57. The summed E-state index contributed by atoms with van der Waals surface area (Å²) in [5, 5.41) is 14.6. The highest BCUT2D eigenvalue weighted by atomic mass is 32.2. The Morgan fingerprint density at radius 1 is 1.58 bits per heavy atom. The SMILES string of the molecule is COc1ncnc(NCC2CCCCS2)c1[N+](=O)[O-]. The van der Waals surface area contributed by atoms with Crippen molar-refractivity contribution in [3.8, 4) is 5.88 Å². The Kier molecular flexibility index (Phi) is 4.78. The van der Waals surface area contributed by atoms with Gasteiger partial charge in [-0.15, -0.1) is 0 Å². The minimum absolute atomic E-state index is 0.0150. The lowest BCUT2D eigenvalue weighted by Gasteiger charge is -2.21. The van der Waals surface area contributed by atoms with Gasteiger partial charge in [0, 0.05) is 11.8 Å². The molecule has 1 N–H and O–H groups in total. The summed E-state index contributed by atoms with van der Waals surface area (Å²) in [5.74, 6) is 1.36. The Balaban J connectivity index is 2.08. The first-order valence-corrected chi connectivity index (χ1v) is 7.16. The number of anilines is 1. The molecule has 0 radical (unpaired) electrons. The maximum atomic E-state index is 11.1. The quantitative estimate of drug-likeness (QED) is 0.654. The van der Waals surface area contributed by atoms with Crippen LogP contribution < -0.4 is 10.1 Å². The van der Waals surface area contributed by atoms with Crippen LogP contribution in [0.4, 0.5) is 11.5 Å². The monoisotopic (exact) mass is 284 g/mol. The van der Waals surface area contributed by atoms with E-state index in [4.69, 9.17) is 4.74 Å². The van der Waals surface area contributed by atoms with Gasteiger partial charge in [0.1, 0.15) is 6.33 Å². The van der Waals surface area contributed by atoms with Gasteiger partial charge in [0.25, 0.3) is 5.88 Å². The molecule has 2 heterocycles. The number of nitrogens with one attached hydrogen (secondary N) is 1. The molecule has 1 aromatic rings. The maximum absolute atomic E-state index is 11.1. The van der Waals surface area contributed by atoms with E-state index in [2.05, 4.69) is 15.3 Å². The molecule has 104 valence electrons. The van der Waals surface area contributed by atoms with Gasteiger partial charge in [-0.1, -0.05) is 6.42 Å². The summed E-state index contributed by atoms with van der Waals surface area (Å²) in [7, 11) is 1.36. The fourth-order valence-corrected chi connectivity index (χ4v) is 3.22. The topological polar surface area (TPSA) is 90.2 Å². The van der Waals surface area contributed by atoms with Crippen molar-refractivity contribution >= 4 is 23.3 Å². The molecular formula is C11H16N4O3S. The van der Waals surface area contributed by atoms with E-state index in [0.29, 0.717) is 11.8 Å². The molecule has 1 aromatic heterocycles. The summed E-state index contributed by atoms with van der Waals surface area (Å²) in [4.78, 5) is 18.2. The summed E-state index contributed by atoms with van der Waals surface area (Å²) in [6.45, 7) is 0.672. The summed E-state index contributed by atoms with van der Waals surface area (Å²) in [6.07, 6.45) is 4.87. The largest absolute Gasteiger partial charge is 0.476 e. The van der Waals surface area contributed by atoms with E-state index in [1.54, 1.807) is 0 Å². The number of hydrogen-bond acceptors (Lipinski definition) is 7. The molecule has 0 saturated carbocycles. The zero-order chi connectivity index (χ0) is 13.7. The van der Waals surface area contributed by atoms with Crippen LogP contribution in [0.2, 0.25) is 0 Å². The fourth-order valence-electron chi connectivity index (χ4n) is 1.98. The first-order chi connectivity index (χ1) is 9.22. The number of methoxy groups -OCH3 is 1. The van der Waals surface area contributed by atoms with Crippen molar-refractivity contribution in [3.63, 3.8) is 0 Å². The summed E-state index contributed by atoms with van der Waals surface area (Å²) in [6, 6.07) is 0. The van der Waals surface area contributed by atoms with Gasteiger partial charge >= 0.3 is 5.69 Å². The van der Waals surface area contributed by atoms with E-state index in [0.717, 1.165) is 12.2 Å². The number of rotatable bonds is 5. The molecule has 2 rings (SSSR count). The van der Waals surface area contributed by atoms with E-state index >= 15 is 0 Å². The van der Waals surface area contributed by atoms with E-state index in [1.165, 1.54) is 26.3 Å². The molecule has 1 saturated heterocycles. The normalized spacial score (nSPS) is 18.9. The molecule has 1 fully saturated rings. The summed E-state index contributed by atoms with van der Waals surface area (Å²) < 4.78 is 4.90. The first kappa shape index (κ1) is 13.9. The van der Waals surface area contributed by atoms with Crippen molar-refractivity contribution in [2.45, 2.75) is 24.5 Å². The van der Waals surface area contributed by atoms with Gasteiger partial charge < -0.3 is 10.1 Å². The lowest BCUT2D eigenvalue weighted by Crippen LogP contribution is -2.21. The predicted octanol–water partition coefficient (Wildman–Crippen LogP) is 2.09. The minimum atomic E-state index is -0.519. The highest BCUT2D eigenvalue weighted by Crippen LogP contribution is 2.31. The molecule has 0 aromatic carbocycles. The average Bonchev–Trinajstić information content (AvgIpc) is 2.45. The van der Waals surface area contributed by atoms with Crippen LogP contribution in [-0.4, -0.2) is 39.5 Å². The van der Waals surface area contributed by atoms with Crippen molar-refractivity contribution in [1.82, 2.24) is 9.97 Å². The fraction of sp³-hybridized carbons (Fsp3) is 0.636. The second-order valence-corrected chi connectivity index (χ2v) is 5.61. The van der Waals surface area contributed by atoms with Gasteiger partial charge in [0.05, 0.1) is 12.0 Å². The van der Waals surface area contributed by atoms with Crippen LogP contribution in [0, 0.1) is 10.1 Å². The van der Waals surface area contributed by atoms with Gasteiger partial charge in [0.2, 0.25) is 5.82 Å². The van der Waals surface area contributed by atoms with Crippen molar-refractivity contribution in [1.29, 1.82) is 0 Å². The smallest absolute Gasteiger partial charge is 0.372 e. The van der Waals surface area contributed by atoms with Crippen molar-refractivity contribution < 1.29 is 9.66 Å². The van der Waals surface area contributed by atoms with E-state index in [9.17, 15) is 10.1 Å². The Labute approximate surface area is 115 Å². The number of hydrogen-bond donors (Lipinski definition) is 1. The third-order valence-electron chi connectivity index (χ3n) is 2.94. The van der Waals surface area contributed by atoms with E-state index in [1.807, 2.05) is 11.8 Å². The molecule has 1 atom stereocenters. The van der Waals surface area contributed by atoms with Gasteiger partial charge in [-0.25, -0.2) is 4.98 Å². The van der Waals surface area contributed by atoms with Gasteiger partial charge in [-0.2, -0.15) is 16.7 Å². The van der Waals surface area contributed by atoms with Crippen LogP contribution in [0.15, 0.2) is 6.33 Å². The molecule has 1 aliphatic heterocycles. The average molecular weight is 284 g/mol. The molecular weight excluding hydrogens is 268 g/mol. The number of aromatic nitrogens is 2. The number of thioether (sulfide) groups is 1. The second-order valence-electron chi connectivity index (χ2n) is 4.21. The van der Waals surface area contributed by atoms with Crippen LogP contribution in [0.1, 0.15) is 19.3 Å². The molecule has 8 heteroatoms. The van der Waals surface area contributed by atoms with Crippen molar-refractivity contribution in [3.05, 3.63) is 16.4 Å².